The van der Waals surface area contributed by atoms with Gasteiger partial charge < -0.3 is 9.25 Å². The first-order valence-corrected chi connectivity index (χ1v) is 7.52. The van der Waals surface area contributed by atoms with Crippen molar-refractivity contribution in [3.05, 3.63) is 30.2 Å². The molecular formula is C16H20N2O4. The molecule has 0 aliphatic carbocycles. The van der Waals surface area contributed by atoms with E-state index in [1.807, 2.05) is 24.3 Å². The van der Waals surface area contributed by atoms with E-state index in [0.717, 1.165) is 42.7 Å². The molecule has 2 rings (SSSR count). The number of carbonyl (C=O) groups excluding carboxylic acids is 2. The Morgan fingerprint density at radius 1 is 1.23 bits per heavy atom. The summed E-state index contributed by atoms with van der Waals surface area (Å²) in [5.74, 6) is 0.00972. The number of para-hydroxylation sites is 2. The third-order valence-corrected chi connectivity index (χ3v) is 3.20. The Hall–Kier alpha value is -2.37. The number of fused-ring (bicyclic) bond motifs is 1. The molecule has 1 amide bonds. The number of unbranched alkanes of at least 4 members (excludes halogenated alkanes) is 2. The van der Waals surface area contributed by atoms with Gasteiger partial charge in [-0.1, -0.05) is 25.5 Å². The predicted molar refractivity (Wildman–Crippen MR) is 80.7 cm³/mol. The van der Waals surface area contributed by atoms with Crippen molar-refractivity contribution < 1.29 is 18.8 Å². The number of nitrogens with one attached hydrogen (secondary N) is 1. The zero-order chi connectivity index (χ0) is 15.8. The molecule has 0 saturated heterocycles. The molecule has 22 heavy (non-hydrogen) atoms. The van der Waals surface area contributed by atoms with E-state index in [2.05, 4.69) is 15.3 Å². The number of hydrogen-bond donors (Lipinski definition) is 1. The van der Waals surface area contributed by atoms with Crippen LogP contribution in [0, 0.1) is 0 Å². The Labute approximate surface area is 128 Å². The predicted octanol–water partition coefficient (Wildman–Crippen LogP) is 2.92. The zero-order valence-corrected chi connectivity index (χ0v) is 12.6. The van der Waals surface area contributed by atoms with Crippen LogP contribution in [0.4, 0.5) is 0 Å². The summed E-state index contributed by atoms with van der Waals surface area (Å²) in [5, 5.41) is 0. The fourth-order valence-corrected chi connectivity index (χ4v) is 2.00. The van der Waals surface area contributed by atoms with Crippen molar-refractivity contribution in [2.75, 3.05) is 0 Å². The number of oxazole rings is 1. The SMILES string of the molecule is CCC(=O)ONC(=O)CCCCCc1nc2ccccc2o1. The van der Waals surface area contributed by atoms with E-state index in [1.54, 1.807) is 6.92 Å². The fraction of sp³-hybridized carbons (Fsp3) is 0.438. The van der Waals surface area contributed by atoms with Gasteiger partial charge in [-0.3, -0.25) is 4.79 Å². The van der Waals surface area contributed by atoms with E-state index < -0.39 is 5.97 Å². The normalized spacial score (nSPS) is 10.6. The van der Waals surface area contributed by atoms with Crippen molar-refractivity contribution in [1.29, 1.82) is 0 Å². The van der Waals surface area contributed by atoms with E-state index in [9.17, 15) is 9.59 Å². The first-order valence-electron chi connectivity index (χ1n) is 7.52. The molecule has 6 nitrogen and oxygen atoms in total. The standard InChI is InChI=1S/C16H20N2O4/c1-2-16(20)22-18-14(19)10-4-3-5-11-15-17-12-8-6-7-9-13(12)21-15/h6-9H,2-5,10-11H2,1H3,(H,18,19). The number of hydroxylamine groups is 1. The second-order valence-electron chi connectivity index (χ2n) is 4.99. The Morgan fingerprint density at radius 3 is 2.82 bits per heavy atom. The van der Waals surface area contributed by atoms with Crippen molar-refractivity contribution in [1.82, 2.24) is 10.5 Å². The largest absolute Gasteiger partial charge is 0.441 e. The van der Waals surface area contributed by atoms with Crippen molar-refractivity contribution in [2.24, 2.45) is 0 Å². The quantitative estimate of drug-likeness (QED) is 0.628. The summed E-state index contributed by atoms with van der Waals surface area (Å²) >= 11 is 0. The fourth-order valence-electron chi connectivity index (χ4n) is 2.00. The van der Waals surface area contributed by atoms with Crippen LogP contribution in [0.25, 0.3) is 11.1 Å². The second kappa shape index (κ2) is 8.17. The van der Waals surface area contributed by atoms with E-state index >= 15 is 0 Å². The molecule has 0 aliphatic rings. The summed E-state index contributed by atoms with van der Waals surface area (Å²) in [4.78, 5) is 31.2. The molecule has 0 fully saturated rings. The molecule has 1 N–H and O–H groups in total. The topological polar surface area (TPSA) is 81.4 Å². The van der Waals surface area contributed by atoms with Crippen LogP contribution < -0.4 is 5.48 Å². The molecule has 118 valence electrons. The Balaban J connectivity index is 1.61. The van der Waals surface area contributed by atoms with E-state index in [0.29, 0.717) is 6.42 Å². The van der Waals surface area contributed by atoms with Crippen LogP contribution in [0.1, 0.15) is 44.9 Å². The summed E-state index contributed by atoms with van der Waals surface area (Å²) < 4.78 is 5.63. The van der Waals surface area contributed by atoms with Crippen molar-refractivity contribution >= 4 is 23.0 Å². The minimum Gasteiger partial charge on any atom is -0.441 e. The Bertz CT molecular complexity index is 603. The number of nitrogens with zero attached hydrogens (tertiary/aromatic N) is 1. The van der Waals surface area contributed by atoms with Gasteiger partial charge in [-0.2, -0.15) is 5.48 Å². The molecule has 1 heterocycles. The molecule has 0 atom stereocenters. The minimum atomic E-state index is -0.440. The van der Waals surface area contributed by atoms with Crippen molar-refractivity contribution in [3.8, 4) is 0 Å². The third kappa shape index (κ3) is 4.87. The number of carbonyl (C=O) groups is 2. The lowest BCUT2D eigenvalue weighted by Crippen LogP contribution is -2.26. The molecule has 0 spiro atoms. The van der Waals surface area contributed by atoms with Gasteiger partial charge in [0.1, 0.15) is 5.52 Å². The summed E-state index contributed by atoms with van der Waals surface area (Å²) in [7, 11) is 0. The molecule has 0 saturated carbocycles. The molecular weight excluding hydrogens is 284 g/mol. The van der Waals surface area contributed by atoms with Crippen LogP contribution in [0.5, 0.6) is 0 Å². The number of rotatable bonds is 7. The maximum Gasteiger partial charge on any atom is 0.331 e. The van der Waals surface area contributed by atoms with Gasteiger partial charge in [0.15, 0.2) is 11.5 Å². The molecule has 1 aromatic heterocycles. The monoisotopic (exact) mass is 304 g/mol. The van der Waals surface area contributed by atoms with Gasteiger partial charge in [0.25, 0.3) is 5.91 Å². The molecule has 0 radical (unpaired) electrons. The van der Waals surface area contributed by atoms with Crippen LogP contribution in [0.15, 0.2) is 28.7 Å². The maximum atomic E-state index is 11.4. The van der Waals surface area contributed by atoms with Gasteiger partial charge in [-0.25, -0.2) is 9.78 Å². The minimum absolute atomic E-state index is 0.241. The number of aromatic nitrogens is 1. The summed E-state index contributed by atoms with van der Waals surface area (Å²) in [5.41, 5.74) is 3.81. The summed E-state index contributed by atoms with van der Waals surface area (Å²) in [6.07, 6.45) is 3.84. The molecule has 0 unspecified atom stereocenters. The number of benzene rings is 1. The highest BCUT2D eigenvalue weighted by molar-refractivity contribution is 5.77. The van der Waals surface area contributed by atoms with Gasteiger partial charge in [0.2, 0.25) is 0 Å². The van der Waals surface area contributed by atoms with Crippen LogP contribution in [0.3, 0.4) is 0 Å². The average molecular weight is 304 g/mol. The van der Waals surface area contributed by atoms with E-state index in [4.69, 9.17) is 4.42 Å². The van der Waals surface area contributed by atoms with Gasteiger partial charge in [-0.05, 0) is 25.0 Å². The smallest absolute Gasteiger partial charge is 0.331 e. The lowest BCUT2D eigenvalue weighted by molar-refractivity contribution is -0.158. The summed E-state index contributed by atoms with van der Waals surface area (Å²) in [6.45, 7) is 1.67. The van der Waals surface area contributed by atoms with Gasteiger partial charge >= 0.3 is 5.97 Å². The van der Waals surface area contributed by atoms with Gasteiger partial charge in [0.05, 0.1) is 0 Å². The van der Waals surface area contributed by atoms with Crippen molar-refractivity contribution in [3.63, 3.8) is 0 Å². The molecule has 1 aromatic carbocycles. The van der Waals surface area contributed by atoms with E-state index in [-0.39, 0.29) is 12.3 Å². The molecule has 6 heteroatoms. The Morgan fingerprint density at radius 2 is 2.05 bits per heavy atom. The number of amides is 1. The summed E-state index contributed by atoms with van der Waals surface area (Å²) in [6, 6.07) is 7.66. The second-order valence-corrected chi connectivity index (χ2v) is 4.99. The third-order valence-electron chi connectivity index (χ3n) is 3.20. The highest BCUT2D eigenvalue weighted by Gasteiger charge is 2.06. The molecule has 2 aromatic rings. The first-order chi connectivity index (χ1) is 10.7. The highest BCUT2D eigenvalue weighted by Crippen LogP contribution is 2.16. The van der Waals surface area contributed by atoms with Gasteiger partial charge in [-0.15, -0.1) is 0 Å². The Kier molecular flexibility index (Phi) is 5.94. The lowest BCUT2D eigenvalue weighted by Gasteiger charge is -2.04. The van der Waals surface area contributed by atoms with Crippen LogP contribution >= 0.6 is 0 Å². The zero-order valence-electron chi connectivity index (χ0n) is 12.6. The van der Waals surface area contributed by atoms with Crippen LogP contribution in [0.2, 0.25) is 0 Å². The number of hydrogen-bond acceptors (Lipinski definition) is 5. The van der Waals surface area contributed by atoms with Crippen LogP contribution in [-0.2, 0) is 20.8 Å². The molecule has 0 bridgehead atoms. The van der Waals surface area contributed by atoms with Crippen molar-refractivity contribution in [2.45, 2.75) is 45.4 Å². The highest BCUT2D eigenvalue weighted by atomic mass is 16.7. The number of aryl methyl sites for hydroxylation is 1. The van der Waals surface area contributed by atoms with Crippen LogP contribution in [-0.4, -0.2) is 16.9 Å². The maximum absolute atomic E-state index is 11.4. The van der Waals surface area contributed by atoms with E-state index in [1.165, 1.54) is 0 Å². The van der Waals surface area contributed by atoms with Gasteiger partial charge in [0, 0.05) is 19.3 Å². The average Bonchev–Trinajstić information content (AvgIpc) is 2.94. The molecule has 0 aliphatic heterocycles. The lowest BCUT2D eigenvalue weighted by atomic mass is 10.1. The first kappa shape index (κ1) is 16.0.